The van der Waals surface area contributed by atoms with Gasteiger partial charge < -0.3 is 25.4 Å². The molecule has 1 amide bonds. The van der Waals surface area contributed by atoms with Gasteiger partial charge in [0.25, 0.3) is 0 Å². The van der Waals surface area contributed by atoms with Gasteiger partial charge in [0, 0.05) is 43.7 Å². The lowest BCUT2D eigenvalue weighted by atomic mass is 9.94. The Morgan fingerprint density at radius 2 is 2.00 bits per heavy atom. The fraction of sp³-hybridized carbons (Fsp3) is 0.633. The van der Waals surface area contributed by atoms with Crippen LogP contribution in [0, 0.1) is 13.8 Å². The van der Waals surface area contributed by atoms with E-state index in [0.29, 0.717) is 49.6 Å². The smallest absolute Gasteiger partial charge is 0.326 e. The summed E-state index contributed by atoms with van der Waals surface area (Å²) in [5.41, 5.74) is 2.55. The first-order chi connectivity index (χ1) is 20.2. The minimum atomic E-state index is -1.12. The number of ether oxygens (including phenoxy) is 1. The third-order valence-electron chi connectivity index (χ3n) is 8.23. The molecule has 0 saturated heterocycles. The number of carboxylic acid groups (broad SMARTS) is 1. The van der Waals surface area contributed by atoms with E-state index in [0.717, 1.165) is 50.2 Å². The first-order valence-corrected chi connectivity index (χ1v) is 15.1. The average molecular weight is 605 g/mol. The molecule has 0 spiro atoms. The Morgan fingerprint density at radius 3 is 2.67 bits per heavy atom. The minimum Gasteiger partial charge on any atom is -0.480 e. The second kappa shape index (κ2) is 14.5. The van der Waals surface area contributed by atoms with E-state index in [4.69, 9.17) is 21.3 Å². The van der Waals surface area contributed by atoms with Crippen LogP contribution >= 0.6 is 11.6 Å². The first-order valence-electron chi connectivity index (χ1n) is 14.8. The molecule has 0 aromatic carbocycles. The SMILES string of the molecule is CO[C@H](CF)CN(CCCCc1ccc2c(n1)NCCC2)CC[C@H](NC(=O)C1(c2c(C)nc(C)nc2Cl)CC1)C(=O)O. The molecule has 1 aliphatic carbocycles. The maximum Gasteiger partial charge on any atom is 0.326 e. The number of aromatic nitrogens is 3. The number of carbonyl (C=O) groups excluding carboxylic acids is 1. The number of alkyl halides is 1. The number of pyridine rings is 1. The van der Waals surface area contributed by atoms with E-state index in [2.05, 4.69) is 32.7 Å². The molecule has 4 rings (SSSR count). The predicted octanol–water partition coefficient (Wildman–Crippen LogP) is 3.80. The van der Waals surface area contributed by atoms with Crippen LogP contribution in [0.3, 0.4) is 0 Å². The van der Waals surface area contributed by atoms with Gasteiger partial charge in [0.1, 0.15) is 29.5 Å². The number of fused-ring (bicyclic) bond motifs is 1. The van der Waals surface area contributed by atoms with E-state index in [-0.39, 0.29) is 17.5 Å². The van der Waals surface area contributed by atoms with Crippen LogP contribution in [0.2, 0.25) is 5.15 Å². The molecular formula is C30H42ClFN6O4. The van der Waals surface area contributed by atoms with E-state index in [9.17, 15) is 19.1 Å². The van der Waals surface area contributed by atoms with Crippen LogP contribution < -0.4 is 10.6 Å². The van der Waals surface area contributed by atoms with Gasteiger partial charge in [-0.15, -0.1) is 0 Å². The summed E-state index contributed by atoms with van der Waals surface area (Å²) in [5.74, 6) is -0.0136. The molecule has 1 aliphatic heterocycles. The zero-order valence-electron chi connectivity index (χ0n) is 24.7. The van der Waals surface area contributed by atoms with Crippen LogP contribution in [0.4, 0.5) is 10.2 Å². The second-order valence-corrected chi connectivity index (χ2v) is 11.7. The van der Waals surface area contributed by atoms with Crippen LogP contribution in [0.5, 0.6) is 0 Å². The van der Waals surface area contributed by atoms with Gasteiger partial charge >= 0.3 is 5.97 Å². The Kier molecular flexibility index (Phi) is 11.1. The first kappa shape index (κ1) is 32.0. The van der Waals surface area contributed by atoms with Crippen molar-refractivity contribution >= 4 is 29.3 Å². The van der Waals surface area contributed by atoms with Crippen molar-refractivity contribution in [2.45, 2.75) is 82.8 Å². The minimum absolute atomic E-state index is 0.162. The number of carboxylic acids is 1. The monoisotopic (exact) mass is 604 g/mol. The second-order valence-electron chi connectivity index (χ2n) is 11.4. The van der Waals surface area contributed by atoms with E-state index < -0.39 is 30.2 Å². The van der Waals surface area contributed by atoms with Gasteiger partial charge in [-0.05, 0) is 83.4 Å². The number of amides is 1. The van der Waals surface area contributed by atoms with Gasteiger partial charge in [-0.3, -0.25) is 4.79 Å². The van der Waals surface area contributed by atoms with Crippen molar-refractivity contribution in [3.63, 3.8) is 0 Å². The van der Waals surface area contributed by atoms with E-state index in [1.165, 1.54) is 12.7 Å². The number of nitrogens with zero attached hydrogens (tertiary/aromatic N) is 4. The van der Waals surface area contributed by atoms with Crippen LogP contribution in [0.25, 0.3) is 0 Å². The highest BCUT2D eigenvalue weighted by Crippen LogP contribution is 2.51. The number of methoxy groups -OCH3 is 1. The summed E-state index contributed by atoms with van der Waals surface area (Å²) in [6.45, 7) is 5.15. The molecule has 10 nitrogen and oxygen atoms in total. The third kappa shape index (κ3) is 7.93. The molecule has 2 atom stereocenters. The number of carbonyl (C=O) groups is 2. The van der Waals surface area contributed by atoms with Crippen molar-refractivity contribution in [3.8, 4) is 0 Å². The normalized spacial score (nSPS) is 16.8. The summed E-state index contributed by atoms with van der Waals surface area (Å²) in [6.07, 6.45) is 5.34. The summed E-state index contributed by atoms with van der Waals surface area (Å²) in [5, 5.41) is 16.3. The molecule has 42 heavy (non-hydrogen) atoms. The zero-order chi connectivity index (χ0) is 30.3. The molecule has 12 heteroatoms. The Morgan fingerprint density at radius 1 is 1.21 bits per heavy atom. The van der Waals surface area contributed by atoms with Crippen LogP contribution in [-0.4, -0.2) is 88.9 Å². The number of rotatable bonds is 16. The molecule has 2 aromatic heterocycles. The highest BCUT2D eigenvalue weighted by atomic mass is 35.5. The molecule has 230 valence electrons. The molecule has 2 aromatic rings. The summed E-state index contributed by atoms with van der Waals surface area (Å²) >= 11 is 6.41. The lowest BCUT2D eigenvalue weighted by Crippen LogP contribution is -2.48. The molecule has 0 bridgehead atoms. The van der Waals surface area contributed by atoms with Gasteiger partial charge in [0.2, 0.25) is 5.91 Å². The molecule has 3 heterocycles. The number of nitrogens with one attached hydrogen (secondary N) is 2. The number of hydrogen-bond donors (Lipinski definition) is 3. The van der Waals surface area contributed by atoms with Crippen molar-refractivity contribution in [2.75, 3.05) is 45.3 Å². The fourth-order valence-corrected chi connectivity index (χ4v) is 6.15. The maximum absolute atomic E-state index is 13.5. The molecule has 3 N–H and O–H groups in total. The summed E-state index contributed by atoms with van der Waals surface area (Å²) in [4.78, 5) is 40.9. The van der Waals surface area contributed by atoms with E-state index in [1.54, 1.807) is 13.8 Å². The van der Waals surface area contributed by atoms with Gasteiger partial charge in [-0.25, -0.2) is 24.1 Å². The fourth-order valence-electron chi connectivity index (χ4n) is 5.71. The Balaban J connectivity index is 1.34. The number of aryl methyl sites for hydroxylation is 4. The predicted molar refractivity (Wildman–Crippen MR) is 159 cm³/mol. The van der Waals surface area contributed by atoms with E-state index in [1.807, 2.05) is 4.90 Å². The molecule has 2 aliphatic rings. The van der Waals surface area contributed by atoms with Crippen LogP contribution in [0.15, 0.2) is 12.1 Å². The Labute approximate surface area is 251 Å². The topological polar surface area (TPSA) is 130 Å². The zero-order valence-corrected chi connectivity index (χ0v) is 25.5. The molecule has 1 saturated carbocycles. The van der Waals surface area contributed by atoms with Crippen molar-refractivity contribution < 1.29 is 23.8 Å². The van der Waals surface area contributed by atoms with E-state index >= 15 is 0 Å². The number of hydrogen-bond acceptors (Lipinski definition) is 8. The van der Waals surface area contributed by atoms with Gasteiger partial charge in [-0.2, -0.15) is 0 Å². The molecule has 1 fully saturated rings. The summed E-state index contributed by atoms with van der Waals surface area (Å²) < 4.78 is 18.8. The van der Waals surface area contributed by atoms with Crippen molar-refractivity contribution in [1.82, 2.24) is 25.2 Å². The van der Waals surface area contributed by atoms with Crippen molar-refractivity contribution in [1.29, 1.82) is 0 Å². The van der Waals surface area contributed by atoms with Crippen LogP contribution in [-0.2, 0) is 32.6 Å². The lowest BCUT2D eigenvalue weighted by molar-refractivity contribution is -0.142. The Bertz CT molecular complexity index is 1230. The van der Waals surface area contributed by atoms with Gasteiger partial charge in [-0.1, -0.05) is 17.7 Å². The summed E-state index contributed by atoms with van der Waals surface area (Å²) in [7, 11) is 1.47. The summed E-state index contributed by atoms with van der Waals surface area (Å²) in [6, 6.07) is 3.12. The number of halogens is 2. The Hall–Kier alpha value is -2.89. The average Bonchev–Trinajstić information content (AvgIpc) is 3.76. The van der Waals surface area contributed by atoms with Crippen molar-refractivity contribution in [2.24, 2.45) is 0 Å². The standard InChI is InChI=1S/C30H42ClFN6O4/c1-19-25(26(31)35-20(2)34-19)30(12-13-30)29(41)37-24(28(39)40)11-16-38(18-23(17-32)42-3)15-5-4-8-22-10-9-21-7-6-14-33-27(21)36-22/h9-10,23-24H,4-8,11-18H2,1-3H3,(H,33,36)(H,37,41)(H,39,40)/t23-,24+/m1/s1. The largest absolute Gasteiger partial charge is 0.480 e. The third-order valence-corrected chi connectivity index (χ3v) is 8.51. The highest BCUT2D eigenvalue weighted by Gasteiger charge is 2.54. The number of aliphatic carboxylic acids is 1. The molecule has 0 unspecified atom stereocenters. The van der Waals surface area contributed by atoms with Gasteiger partial charge in [0.05, 0.1) is 11.5 Å². The highest BCUT2D eigenvalue weighted by molar-refractivity contribution is 6.30. The van der Waals surface area contributed by atoms with Crippen molar-refractivity contribution in [3.05, 3.63) is 45.6 Å². The quantitative estimate of drug-likeness (QED) is 0.193. The molecule has 0 radical (unpaired) electrons. The number of unbranched alkanes of at least 4 members (excludes halogenated alkanes) is 1. The van der Waals surface area contributed by atoms with Crippen LogP contribution in [0.1, 0.15) is 66.9 Å². The molecular weight excluding hydrogens is 563 g/mol. The maximum atomic E-state index is 13.5. The number of anilines is 1. The lowest BCUT2D eigenvalue weighted by Gasteiger charge is -2.28. The van der Waals surface area contributed by atoms with Gasteiger partial charge in [0.15, 0.2) is 0 Å².